The molecule has 1 aliphatic rings. The van der Waals surface area contributed by atoms with E-state index in [-0.39, 0.29) is 17.4 Å². The summed E-state index contributed by atoms with van der Waals surface area (Å²) in [6, 6.07) is 0. The topological polar surface area (TPSA) is 69.0 Å². The third-order valence-corrected chi connectivity index (χ3v) is 5.45. The molecule has 18 heavy (non-hydrogen) atoms. The lowest BCUT2D eigenvalue weighted by atomic mass is 10.1. The quantitative estimate of drug-likeness (QED) is 0.776. The monoisotopic (exact) mass is 270 g/mol. The number of carbonyl (C=O) groups excluding carboxylic acids is 1. The first kappa shape index (κ1) is 13.3. The summed E-state index contributed by atoms with van der Waals surface area (Å²) in [5.41, 5.74) is 0. The minimum absolute atomic E-state index is 0.123. The molecule has 0 amide bonds. The maximum Gasteiger partial charge on any atom is 0.216 e. The molecule has 2 rings (SSSR count). The van der Waals surface area contributed by atoms with Gasteiger partial charge in [-0.3, -0.25) is 4.79 Å². The number of nitrogens with zero attached hydrogens (tertiary/aromatic N) is 2. The highest BCUT2D eigenvalue weighted by atomic mass is 32.2. The van der Waals surface area contributed by atoms with Crippen LogP contribution >= 0.6 is 0 Å². The second-order valence-corrected chi connectivity index (χ2v) is 6.96. The average Bonchev–Trinajstić information content (AvgIpc) is 2.76. The van der Waals surface area contributed by atoms with Crippen LogP contribution in [0.1, 0.15) is 43.2 Å². The van der Waals surface area contributed by atoms with Crippen molar-refractivity contribution in [1.29, 1.82) is 0 Å². The smallest absolute Gasteiger partial charge is 0.216 e. The van der Waals surface area contributed by atoms with E-state index >= 15 is 0 Å². The molecule has 0 spiro atoms. The molecule has 0 bridgehead atoms. The molecule has 6 heteroatoms. The summed E-state index contributed by atoms with van der Waals surface area (Å²) < 4.78 is 25.6. The van der Waals surface area contributed by atoms with E-state index in [9.17, 15) is 13.2 Å². The molecule has 1 aliphatic heterocycles. The zero-order chi connectivity index (χ0) is 13.2. The van der Waals surface area contributed by atoms with Crippen molar-refractivity contribution in [3.05, 3.63) is 18.2 Å². The Kier molecular flexibility index (Phi) is 3.85. The van der Waals surface area contributed by atoms with Crippen LogP contribution in [0.3, 0.4) is 0 Å². The van der Waals surface area contributed by atoms with Crippen LogP contribution in [0.15, 0.2) is 12.4 Å². The van der Waals surface area contributed by atoms with Gasteiger partial charge in [0, 0.05) is 18.9 Å². The van der Waals surface area contributed by atoms with Crippen molar-refractivity contribution in [2.24, 2.45) is 0 Å². The first-order valence-corrected chi connectivity index (χ1v) is 8.04. The van der Waals surface area contributed by atoms with Gasteiger partial charge in [-0.2, -0.15) is 0 Å². The molecule has 5 nitrogen and oxygen atoms in total. The maximum atomic E-state index is 12.3. The van der Waals surface area contributed by atoms with Crippen LogP contribution in [0.5, 0.6) is 0 Å². The second kappa shape index (κ2) is 5.22. The Hall–Kier alpha value is -1.17. The van der Waals surface area contributed by atoms with Crippen molar-refractivity contribution in [2.45, 2.75) is 44.4 Å². The van der Waals surface area contributed by atoms with E-state index in [4.69, 9.17) is 0 Å². The Morgan fingerprint density at radius 3 is 2.94 bits per heavy atom. The first-order valence-electron chi connectivity index (χ1n) is 6.33. The highest BCUT2D eigenvalue weighted by molar-refractivity contribution is 7.92. The van der Waals surface area contributed by atoms with E-state index in [1.807, 2.05) is 6.92 Å². The van der Waals surface area contributed by atoms with Gasteiger partial charge in [0.25, 0.3) is 0 Å². The largest absolute Gasteiger partial charge is 0.329 e. The summed E-state index contributed by atoms with van der Waals surface area (Å²) in [5.74, 6) is 0.0678. The van der Waals surface area contributed by atoms with Crippen LogP contribution in [0, 0.1) is 0 Å². The summed E-state index contributed by atoms with van der Waals surface area (Å²) in [4.78, 5) is 16.3. The molecular weight excluding hydrogens is 252 g/mol. The molecule has 100 valence electrons. The van der Waals surface area contributed by atoms with Crippen LogP contribution in [0.25, 0.3) is 0 Å². The van der Waals surface area contributed by atoms with E-state index in [1.54, 1.807) is 17.0 Å². The number of Topliss-reactive ketones (excluding diaryl/α,β-unsaturated/α-hetero) is 1. The molecule has 1 fully saturated rings. The number of sulfone groups is 1. The lowest BCUT2D eigenvalue weighted by Gasteiger charge is -2.20. The number of imidazole rings is 1. The van der Waals surface area contributed by atoms with Crippen molar-refractivity contribution in [1.82, 2.24) is 9.55 Å². The average molecular weight is 270 g/mol. The second-order valence-electron chi connectivity index (χ2n) is 4.66. The molecule has 0 N–H and O–H groups in total. The minimum Gasteiger partial charge on any atom is -0.329 e. The molecule has 2 heterocycles. The van der Waals surface area contributed by atoms with Crippen molar-refractivity contribution < 1.29 is 13.2 Å². The number of ketones is 1. The molecule has 1 unspecified atom stereocenters. The summed E-state index contributed by atoms with van der Waals surface area (Å²) >= 11 is 0. The highest BCUT2D eigenvalue weighted by Crippen LogP contribution is 2.22. The van der Waals surface area contributed by atoms with Crippen LogP contribution in [-0.2, 0) is 16.4 Å². The minimum atomic E-state index is -3.28. The summed E-state index contributed by atoms with van der Waals surface area (Å²) in [5, 5.41) is -0.885. The number of aryl methyl sites for hydroxylation is 1. The normalized spacial score (nSPS) is 22.8. The number of carbonyl (C=O) groups is 1. The fourth-order valence-corrected chi connectivity index (χ4v) is 4.20. The maximum absolute atomic E-state index is 12.3. The molecule has 0 aromatic carbocycles. The highest BCUT2D eigenvalue weighted by Gasteiger charge is 2.36. The van der Waals surface area contributed by atoms with Crippen LogP contribution < -0.4 is 0 Å². The standard InChI is InChI=1S/C12H18N2O3S/c1-2-7-14-8-6-13-12(14)11(15)10-5-3-4-9-18(10,16)17/h6,8,10H,2-5,7,9H2,1H3. The van der Waals surface area contributed by atoms with Gasteiger partial charge in [0.2, 0.25) is 5.78 Å². The zero-order valence-corrected chi connectivity index (χ0v) is 11.3. The Bertz CT molecular complexity index is 533. The first-order chi connectivity index (χ1) is 8.56. The van der Waals surface area contributed by atoms with E-state index < -0.39 is 15.1 Å². The Morgan fingerprint density at radius 1 is 1.50 bits per heavy atom. The molecule has 0 radical (unpaired) electrons. The van der Waals surface area contributed by atoms with Gasteiger partial charge in [-0.25, -0.2) is 13.4 Å². The van der Waals surface area contributed by atoms with Gasteiger partial charge in [-0.1, -0.05) is 13.3 Å². The number of hydrogen-bond acceptors (Lipinski definition) is 4. The van der Waals surface area contributed by atoms with E-state index in [1.165, 1.54) is 0 Å². The Labute approximate surface area is 107 Å². The molecule has 1 aromatic rings. The zero-order valence-electron chi connectivity index (χ0n) is 10.5. The van der Waals surface area contributed by atoms with Crippen molar-refractivity contribution in [3.8, 4) is 0 Å². The van der Waals surface area contributed by atoms with Gasteiger partial charge in [-0.05, 0) is 19.3 Å². The molecule has 1 atom stereocenters. The summed E-state index contributed by atoms with van der Waals surface area (Å²) in [7, 11) is -3.28. The van der Waals surface area contributed by atoms with E-state index in [2.05, 4.69) is 4.98 Å². The van der Waals surface area contributed by atoms with Crippen LogP contribution in [0.2, 0.25) is 0 Å². The molecule has 0 aliphatic carbocycles. The fourth-order valence-electron chi connectivity index (χ4n) is 2.35. The number of hydrogen-bond donors (Lipinski definition) is 0. The summed E-state index contributed by atoms with van der Waals surface area (Å²) in [6.45, 7) is 2.69. The van der Waals surface area contributed by atoms with E-state index in [0.29, 0.717) is 19.4 Å². The van der Waals surface area contributed by atoms with E-state index in [0.717, 1.165) is 12.8 Å². The van der Waals surface area contributed by atoms with Gasteiger partial charge < -0.3 is 4.57 Å². The predicted molar refractivity (Wildman–Crippen MR) is 68.3 cm³/mol. The SMILES string of the molecule is CCCn1ccnc1C(=O)C1CCCCS1(=O)=O. The molecule has 1 aromatic heterocycles. The lowest BCUT2D eigenvalue weighted by molar-refractivity contribution is 0.0967. The Balaban J connectivity index is 2.27. The van der Waals surface area contributed by atoms with Crippen LogP contribution in [-0.4, -0.2) is 34.8 Å². The van der Waals surface area contributed by atoms with Crippen molar-refractivity contribution in [3.63, 3.8) is 0 Å². The molecule has 1 saturated heterocycles. The van der Waals surface area contributed by atoms with Gasteiger partial charge in [0.1, 0.15) is 5.25 Å². The fraction of sp³-hybridized carbons (Fsp3) is 0.667. The predicted octanol–water partition coefficient (Wildman–Crippen LogP) is 1.44. The summed E-state index contributed by atoms with van der Waals surface area (Å²) in [6.07, 6.45) is 6.05. The van der Waals surface area contributed by atoms with Gasteiger partial charge in [-0.15, -0.1) is 0 Å². The number of rotatable bonds is 4. The number of aromatic nitrogens is 2. The third kappa shape index (κ3) is 2.48. The van der Waals surface area contributed by atoms with Gasteiger partial charge in [0.15, 0.2) is 15.7 Å². The Morgan fingerprint density at radius 2 is 2.28 bits per heavy atom. The molecular formula is C12H18N2O3S. The molecule has 0 saturated carbocycles. The third-order valence-electron chi connectivity index (χ3n) is 3.27. The van der Waals surface area contributed by atoms with Crippen LogP contribution in [0.4, 0.5) is 0 Å². The van der Waals surface area contributed by atoms with Crippen molar-refractivity contribution >= 4 is 15.6 Å². The van der Waals surface area contributed by atoms with Gasteiger partial charge >= 0.3 is 0 Å². The van der Waals surface area contributed by atoms with Crippen molar-refractivity contribution in [2.75, 3.05) is 5.75 Å². The lowest BCUT2D eigenvalue weighted by Crippen LogP contribution is -2.36. The van der Waals surface area contributed by atoms with Gasteiger partial charge in [0.05, 0.1) is 5.75 Å².